The first kappa shape index (κ1) is 45.4. The monoisotopic (exact) mass is 637 g/mol. The minimum absolute atomic E-state index is 0.327. The summed E-state index contributed by atoms with van der Waals surface area (Å²) in [6.07, 6.45) is 16.3. The summed E-state index contributed by atoms with van der Waals surface area (Å²) in [5, 5.41) is 9.33. The van der Waals surface area contributed by atoms with Crippen LogP contribution in [-0.2, 0) is 12.8 Å². The standard InChI is InChI=1S/C24H29NO2.C7H17N.C5H12.C4H8.C2H6/c1-4-8-20-13-22(14-23-24(20)27-16-26-23)18(5-2)11-17(3)12-19-9-6-7-10-21(19)15-25;1-4-5-6-7-8(2)3;1-3-5-4-2;1-3-4-2;1-2/h6-7,9-10,13-14,17-18H,4-5,8,11-12,16H2,1-3H3;4-7H2,1-3H3;3-5H2,1-2H3;3H,1,4H2,2H3;1-2H3. The van der Waals surface area contributed by atoms with E-state index in [4.69, 9.17) is 9.47 Å². The van der Waals surface area contributed by atoms with Crippen LogP contribution in [-0.4, -0.2) is 32.3 Å². The van der Waals surface area contributed by atoms with Gasteiger partial charge in [0.25, 0.3) is 0 Å². The Hall–Kier alpha value is -2.77. The van der Waals surface area contributed by atoms with Crippen molar-refractivity contribution in [3.05, 3.63) is 71.3 Å². The Balaban J connectivity index is 0. The van der Waals surface area contributed by atoms with Crippen LogP contribution >= 0.6 is 0 Å². The number of nitrogens with zero attached hydrogens (tertiary/aromatic N) is 2. The van der Waals surface area contributed by atoms with Gasteiger partial charge in [0.05, 0.1) is 11.6 Å². The van der Waals surface area contributed by atoms with Crippen LogP contribution in [0.1, 0.15) is 155 Å². The van der Waals surface area contributed by atoms with Crippen molar-refractivity contribution in [2.24, 2.45) is 5.92 Å². The van der Waals surface area contributed by atoms with Gasteiger partial charge in [0.1, 0.15) is 0 Å². The highest BCUT2D eigenvalue weighted by Crippen LogP contribution is 2.41. The lowest BCUT2D eigenvalue weighted by Gasteiger charge is -2.22. The van der Waals surface area contributed by atoms with E-state index in [0.717, 1.165) is 61.2 Å². The van der Waals surface area contributed by atoms with Crippen LogP contribution in [0.3, 0.4) is 0 Å². The number of fused-ring (bicyclic) bond motifs is 1. The molecule has 3 rings (SSSR count). The van der Waals surface area contributed by atoms with Gasteiger partial charge in [-0.25, -0.2) is 0 Å². The third-order valence-electron chi connectivity index (χ3n) is 7.65. The van der Waals surface area contributed by atoms with Crippen LogP contribution in [0.2, 0.25) is 0 Å². The topological polar surface area (TPSA) is 45.5 Å². The summed E-state index contributed by atoms with van der Waals surface area (Å²) < 4.78 is 11.4. The lowest BCUT2D eigenvalue weighted by atomic mass is 9.83. The van der Waals surface area contributed by atoms with Gasteiger partial charge in [0.15, 0.2) is 11.5 Å². The molecule has 0 saturated carbocycles. The summed E-state index contributed by atoms with van der Waals surface area (Å²) in [6, 6.07) is 14.8. The number of benzene rings is 2. The van der Waals surface area contributed by atoms with Crippen molar-refractivity contribution in [3.8, 4) is 17.6 Å². The van der Waals surface area contributed by atoms with Crippen molar-refractivity contribution in [2.75, 3.05) is 27.4 Å². The maximum atomic E-state index is 9.33. The van der Waals surface area contributed by atoms with Crippen LogP contribution in [0.5, 0.6) is 11.5 Å². The number of unbranched alkanes of at least 4 members (excludes halogenated alkanes) is 4. The van der Waals surface area contributed by atoms with E-state index in [1.807, 2.05) is 38.1 Å². The fourth-order valence-electron chi connectivity index (χ4n) is 5.12. The van der Waals surface area contributed by atoms with E-state index in [2.05, 4.69) is 98.3 Å². The first-order chi connectivity index (χ1) is 22.3. The molecule has 0 bridgehead atoms. The highest BCUT2D eigenvalue weighted by atomic mass is 16.7. The molecule has 4 nitrogen and oxygen atoms in total. The molecule has 46 heavy (non-hydrogen) atoms. The number of allylic oxidation sites excluding steroid dienone is 1. The van der Waals surface area contributed by atoms with Gasteiger partial charge in [-0.15, -0.1) is 6.58 Å². The quantitative estimate of drug-likeness (QED) is 0.144. The van der Waals surface area contributed by atoms with E-state index >= 15 is 0 Å². The van der Waals surface area contributed by atoms with Gasteiger partial charge in [-0.3, -0.25) is 0 Å². The molecule has 2 atom stereocenters. The molecule has 0 spiro atoms. The van der Waals surface area contributed by atoms with E-state index in [-0.39, 0.29) is 0 Å². The molecule has 0 fully saturated rings. The predicted octanol–water partition coefficient (Wildman–Crippen LogP) is 12.5. The van der Waals surface area contributed by atoms with Crippen LogP contribution in [0.25, 0.3) is 0 Å². The van der Waals surface area contributed by atoms with E-state index in [0.29, 0.717) is 18.6 Å². The summed E-state index contributed by atoms with van der Waals surface area (Å²) in [6.45, 7) is 24.5. The van der Waals surface area contributed by atoms with Gasteiger partial charge in [-0.1, -0.05) is 131 Å². The molecular weight excluding hydrogens is 564 g/mol. The fraction of sp³-hybridized carbons (Fsp3) is 0.643. The first-order valence-corrected chi connectivity index (χ1v) is 18.4. The Morgan fingerprint density at radius 3 is 2.02 bits per heavy atom. The summed E-state index contributed by atoms with van der Waals surface area (Å²) in [5.74, 6) is 2.83. The predicted molar refractivity (Wildman–Crippen MR) is 203 cm³/mol. The van der Waals surface area contributed by atoms with Crippen molar-refractivity contribution in [1.82, 2.24) is 4.90 Å². The minimum Gasteiger partial charge on any atom is -0.454 e. The second kappa shape index (κ2) is 30.9. The molecule has 2 aromatic rings. The highest BCUT2D eigenvalue weighted by Gasteiger charge is 2.23. The second-order valence-corrected chi connectivity index (χ2v) is 12.1. The van der Waals surface area contributed by atoms with Crippen molar-refractivity contribution in [3.63, 3.8) is 0 Å². The third kappa shape index (κ3) is 20.4. The molecule has 0 saturated heterocycles. The average molecular weight is 637 g/mol. The molecule has 2 aromatic carbocycles. The molecule has 2 unspecified atom stereocenters. The Morgan fingerprint density at radius 2 is 1.52 bits per heavy atom. The molecule has 0 N–H and O–H groups in total. The largest absolute Gasteiger partial charge is 0.454 e. The Labute approximate surface area is 286 Å². The highest BCUT2D eigenvalue weighted by molar-refractivity contribution is 5.52. The van der Waals surface area contributed by atoms with E-state index in [1.165, 1.54) is 56.2 Å². The molecule has 0 aromatic heterocycles. The van der Waals surface area contributed by atoms with Crippen molar-refractivity contribution < 1.29 is 9.47 Å². The molecule has 262 valence electrons. The molecule has 0 aliphatic carbocycles. The summed E-state index contributed by atoms with van der Waals surface area (Å²) in [5.41, 5.74) is 4.57. The average Bonchev–Trinajstić information content (AvgIpc) is 3.55. The molecule has 0 amide bonds. The maximum absolute atomic E-state index is 9.33. The number of hydrogen-bond donors (Lipinski definition) is 0. The number of aryl methyl sites for hydroxylation is 1. The zero-order valence-electron chi connectivity index (χ0n) is 32.0. The van der Waals surface area contributed by atoms with E-state index in [1.54, 1.807) is 0 Å². The number of ether oxygens (including phenoxy) is 2. The van der Waals surface area contributed by atoms with Crippen LogP contribution in [0.15, 0.2) is 49.1 Å². The molecular formula is C42H72N2O2. The van der Waals surface area contributed by atoms with Crippen LogP contribution in [0.4, 0.5) is 0 Å². The van der Waals surface area contributed by atoms with Gasteiger partial charge >= 0.3 is 0 Å². The number of nitriles is 1. The smallest absolute Gasteiger partial charge is 0.231 e. The molecule has 4 heteroatoms. The number of rotatable bonds is 15. The van der Waals surface area contributed by atoms with Gasteiger partial charge in [-0.2, -0.15) is 5.26 Å². The lowest BCUT2D eigenvalue weighted by molar-refractivity contribution is 0.173. The van der Waals surface area contributed by atoms with Crippen LogP contribution < -0.4 is 9.47 Å². The Bertz CT molecular complexity index is 1040. The second-order valence-electron chi connectivity index (χ2n) is 12.1. The molecule has 1 heterocycles. The van der Waals surface area contributed by atoms with Gasteiger partial charge < -0.3 is 14.4 Å². The summed E-state index contributed by atoms with van der Waals surface area (Å²) >= 11 is 0. The van der Waals surface area contributed by atoms with Crippen molar-refractivity contribution in [1.29, 1.82) is 5.26 Å². The normalized spacial score (nSPS) is 12.0. The Kier molecular flexibility index (Phi) is 30.4. The fourth-order valence-corrected chi connectivity index (χ4v) is 5.12. The zero-order chi connectivity index (χ0) is 35.2. The molecule has 0 radical (unpaired) electrons. The Morgan fingerprint density at radius 1 is 0.891 bits per heavy atom. The maximum Gasteiger partial charge on any atom is 0.231 e. The third-order valence-corrected chi connectivity index (χ3v) is 7.65. The lowest BCUT2D eigenvalue weighted by Crippen LogP contribution is -2.12. The van der Waals surface area contributed by atoms with Gasteiger partial charge in [0, 0.05) is 0 Å². The van der Waals surface area contributed by atoms with Crippen LogP contribution in [0, 0.1) is 17.2 Å². The van der Waals surface area contributed by atoms with Crippen molar-refractivity contribution in [2.45, 2.75) is 145 Å². The number of hydrogen-bond acceptors (Lipinski definition) is 4. The molecule has 1 aliphatic heterocycles. The molecule has 1 aliphatic rings. The van der Waals surface area contributed by atoms with E-state index in [9.17, 15) is 5.26 Å². The van der Waals surface area contributed by atoms with Crippen molar-refractivity contribution >= 4 is 0 Å². The van der Waals surface area contributed by atoms with Gasteiger partial charge in [-0.05, 0) is 99.8 Å². The summed E-state index contributed by atoms with van der Waals surface area (Å²) in [7, 11) is 4.24. The van der Waals surface area contributed by atoms with E-state index < -0.39 is 0 Å². The SMILES string of the molecule is C=CCC.CC.CCCCC.CCCCCN(C)C.CCCc1cc(C(CC)CC(C)Cc2ccccc2C#N)cc2c1OCO2. The first-order valence-electron chi connectivity index (χ1n) is 18.4. The summed E-state index contributed by atoms with van der Waals surface area (Å²) in [4.78, 5) is 2.23. The zero-order valence-corrected chi connectivity index (χ0v) is 32.0. The van der Waals surface area contributed by atoms with Gasteiger partial charge in [0.2, 0.25) is 6.79 Å². The minimum atomic E-state index is 0.327.